The summed E-state index contributed by atoms with van der Waals surface area (Å²) in [6.45, 7) is 0.190. The van der Waals surface area contributed by atoms with E-state index in [4.69, 9.17) is 5.11 Å². The first-order valence-electron chi connectivity index (χ1n) is 4.78. The van der Waals surface area contributed by atoms with Gasteiger partial charge in [-0.2, -0.15) is 11.8 Å². The minimum atomic E-state index is 0.171. The number of hydrogen-bond acceptors (Lipinski definition) is 3. The Morgan fingerprint density at radius 1 is 1.36 bits per heavy atom. The van der Waals surface area contributed by atoms with Crippen LogP contribution in [0.25, 0.3) is 0 Å². The lowest BCUT2D eigenvalue weighted by Crippen LogP contribution is -2.24. The van der Waals surface area contributed by atoms with Crippen molar-refractivity contribution in [2.75, 3.05) is 23.9 Å². The summed E-state index contributed by atoms with van der Waals surface area (Å²) >= 11 is 1.80. The second-order valence-electron chi connectivity index (χ2n) is 3.17. The molecule has 0 heterocycles. The number of hydrogen-bond donors (Lipinski definition) is 2. The largest absolute Gasteiger partial charge is 0.394 e. The van der Waals surface area contributed by atoms with Gasteiger partial charge in [-0.1, -0.05) is 18.2 Å². The topological polar surface area (TPSA) is 32.3 Å². The molecule has 3 heteroatoms. The molecule has 0 saturated carbocycles. The summed E-state index contributed by atoms with van der Waals surface area (Å²) < 4.78 is 0. The van der Waals surface area contributed by atoms with Gasteiger partial charge in [-0.05, 0) is 30.6 Å². The molecule has 0 saturated heterocycles. The third-order valence-electron chi connectivity index (χ3n) is 2.04. The van der Waals surface area contributed by atoms with Crippen LogP contribution in [0.15, 0.2) is 30.3 Å². The van der Waals surface area contributed by atoms with Crippen LogP contribution >= 0.6 is 11.8 Å². The van der Waals surface area contributed by atoms with E-state index in [0.29, 0.717) is 0 Å². The predicted octanol–water partition coefficient (Wildman–Crippen LogP) is 2.21. The van der Waals surface area contributed by atoms with Gasteiger partial charge in [-0.25, -0.2) is 0 Å². The number of nitrogens with one attached hydrogen (secondary N) is 1. The summed E-state index contributed by atoms with van der Waals surface area (Å²) in [5.74, 6) is 1.07. The molecule has 1 rings (SSSR count). The zero-order valence-electron chi connectivity index (χ0n) is 8.44. The van der Waals surface area contributed by atoms with Gasteiger partial charge in [-0.3, -0.25) is 0 Å². The van der Waals surface area contributed by atoms with Crippen molar-refractivity contribution in [3.05, 3.63) is 30.3 Å². The number of rotatable bonds is 6. The average molecular weight is 211 g/mol. The smallest absolute Gasteiger partial charge is 0.0633 e. The van der Waals surface area contributed by atoms with E-state index in [1.807, 2.05) is 30.3 Å². The Morgan fingerprint density at radius 2 is 2.07 bits per heavy atom. The molecular weight excluding hydrogens is 194 g/mol. The van der Waals surface area contributed by atoms with Crippen LogP contribution in [0.2, 0.25) is 0 Å². The first kappa shape index (κ1) is 11.4. The molecule has 0 radical (unpaired) electrons. The van der Waals surface area contributed by atoms with Crippen LogP contribution in [-0.4, -0.2) is 29.8 Å². The fourth-order valence-corrected chi connectivity index (χ4v) is 1.76. The zero-order valence-corrected chi connectivity index (χ0v) is 9.26. The highest BCUT2D eigenvalue weighted by atomic mass is 32.2. The maximum atomic E-state index is 9.14. The third-order valence-corrected chi connectivity index (χ3v) is 2.68. The van der Waals surface area contributed by atoms with Gasteiger partial charge in [0.05, 0.1) is 6.61 Å². The lowest BCUT2D eigenvalue weighted by Gasteiger charge is -2.16. The summed E-state index contributed by atoms with van der Waals surface area (Å²) in [6, 6.07) is 10.2. The van der Waals surface area contributed by atoms with Crippen molar-refractivity contribution in [1.29, 1.82) is 0 Å². The summed E-state index contributed by atoms with van der Waals surface area (Å²) in [5, 5.41) is 12.4. The van der Waals surface area contributed by atoms with E-state index in [0.717, 1.165) is 17.9 Å². The van der Waals surface area contributed by atoms with E-state index in [2.05, 4.69) is 11.6 Å². The quantitative estimate of drug-likeness (QED) is 0.756. The van der Waals surface area contributed by atoms with Crippen LogP contribution in [0.3, 0.4) is 0 Å². The van der Waals surface area contributed by atoms with Gasteiger partial charge in [0.1, 0.15) is 0 Å². The van der Waals surface area contributed by atoms with Gasteiger partial charge in [0.2, 0.25) is 0 Å². The maximum absolute atomic E-state index is 9.14. The second-order valence-corrected chi connectivity index (χ2v) is 4.16. The molecule has 1 aromatic rings. The van der Waals surface area contributed by atoms with Crippen LogP contribution in [0, 0.1) is 0 Å². The van der Waals surface area contributed by atoms with Gasteiger partial charge in [0.25, 0.3) is 0 Å². The molecule has 2 nitrogen and oxygen atoms in total. The molecule has 0 amide bonds. The molecule has 78 valence electrons. The van der Waals surface area contributed by atoms with E-state index < -0.39 is 0 Å². The first-order chi connectivity index (χ1) is 6.86. The highest BCUT2D eigenvalue weighted by Crippen LogP contribution is 2.10. The van der Waals surface area contributed by atoms with Crippen LogP contribution in [0.5, 0.6) is 0 Å². The van der Waals surface area contributed by atoms with Gasteiger partial charge in [0.15, 0.2) is 0 Å². The summed E-state index contributed by atoms with van der Waals surface area (Å²) in [6.07, 6.45) is 3.07. The SMILES string of the molecule is CSCCC(CO)Nc1ccccc1. The van der Waals surface area contributed by atoms with Crippen LogP contribution in [-0.2, 0) is 0 Å². The van der Waals surface area contributed by atoms with E-state index in [9.17, 15) is 0 Å². The molecule has 1 unspecified atom stereocenters. The number of para-hydroxylation sites is 1. The number of thioether (sulfide) groups is 1. The second kappa shape index (κ2) is 6.74. The molecule has 14 heavy (non-hydrogen) atoms. The van der Waals surface area contributed by atoms with Crippen molar-refractivity contribution in [2.45, 2.75) is 12.5 Å². The third kappa shape index (κ3) is 4.03. The van der Waals surface area contributed by atoms with Crippen LogP contribution in [0.4, 0.5) is 5.69 Å². The Kier molecular flexibility index (Phi) is 5.49. The van der Waals surface area contributed by atoms with Crippen molar-refractivity contribution < 1.29 is 5.11 Å². The molecular formula is C11H17NOS. The minimum absolute atomic E-state index is 0.171. The summed E-state index contributed by atoms with van der Waals surface area (Å²) in [5.41, 5.74) is 1.08. The maximum Gasteiger partial charge on any atom is 0.0633 e. The molecule has 0 bridgehead atoms. The van der Waals surface area contributed by atoms with Gasteiger partial charge in [-0.15, -0.1) is 0 Å². The fraction of sp³-hybridized carbons (Fsp3) is 0.455. The summed E-state index contributed by atoms with van der Waals surface area (Å²) in [4.78, 5) is 0. The van der Waals surface area contributed by atoms with Crippen molar-refractivity contribution in [3.63, 3.8) is 0 Å². The molecule has 2 N–H and O–H groups in total. The first-order valence-corrected chi connectivity index (χ1v) is 6.17. The normalized spacial score (nSPS) is 12.4. The Balaban J connectivity index is 2.40. The van der Waals surface area contributed by atoms with Gasteiger partial charge < -0.3 is 10.4 Å². The van der Waals surface area contributed by atoms with E-state index in [1.54, 1.807) is 11.8 Å². The van der Waals surface area contributed by atoms with Crippen molar-refractivity contribution >= 4 is 17.4 Å². The Hall–Kier alpha value is -0.670. The lowest BCUT2D eigenvalue weighted by atomic mass is 10.2. The zero-order chi connectivity index (χ0) is 10.2. The van der Waals surface area contributed by atoms with Crippen molar-refractivity contribution in [1.82, 2.24) is 0 Å². The molecule has 0 aliphatic rings. The minimum Gasteiger partial charge on any atom is -0.394 e. The Morgan fingerprint density at radius 3 is 2.64 bits per heavy atom. The van der Waals surface area contributed by atoms with E-state index >= 15 is 0 Å². The van der Waals surface area contributed by atoms with Gasteiger partial charge >= 0.3 is 0 Å². The standard InChI is InChI=1S/C11H17NOS/c1-14-8-7-11(9-13)12-10-5-3-2-4-6-10/h2-6,11-13H,7-9H2,1H3. The summed E-state index contributed by atoms with van der Waals surface area (Å²) in [7, 11) is 0. The molecule has 0 aliphatic carbocycles. The lowest BCUT2D eigenvalue weighted by molar-refractivity contribution is 0.272. The Labute approximate surface area is 89.7 Å². The highest BCUT2D eigenvalue weighted by molar-refractivity contribution is 7.98. The molecule has 0 fully saturated rings. The number of aliphatic hydroxyl groups is 1. The fourth-order valence-electron chi connectivity index (χ4n) is 1.24. The van der Waals surface area contributed by atoms with Gasteiger partial charge in [0, 0.05) is 11.7 Å². The number of anilines is 1. The van der Waals surface area contributed by atoms with E-state index in [-0.39, 0.29) is 12.6 Å². The number of benzene rings is 1. The molecule has 1 atom stereocenters. The molecule has 0 spiro atoms. The van der Waals surface area contributed by atoms with Crippen molar-refractivity contribution in [3.8, 4) is 0 Å². The van der Waals surface area contributed by atoms with E-state index in [1.165, 1.54) is 0 Å². The number of aliphatic hydroxyl groups excluding tert-OH is 1. The average Bonchev–Trinajstić information content (AvgIpc) is 2.25. The monoisotopic (exact) mass is 211 g/mol. The van der Waals surface area contributed by atoms with Crippen molar-refractivity contribution in [2.24, 2.45) is 0 Å². The molecule has 0 aromatic heterocycles. The highest BCUT2D eigenvalue weighted by Gasteiger charge is 2.05. The van der Waals surface area contributed by atoms with Crippen LogP contribution in [0.1, 0.15) is 6.42 Å². The molecule has 0 aliphatic heterocycles. The van der Waals surface area contributed by atoms with Crippen LogP contribution < -0.4 is 5.32 Å². The predicted molar refractivity (Wildman–Crippen MR) is 63.9 cm³/mol. The Bertz CT molecular complexity index is 240. The molecule has 1 aromatic carbocycles.